The molecule has 1 fully saturated rings. The van der Waals surface area contributed by atoms with Crippen molar-refractivity contribution in [2.24, 2.45) is 0 Å². The van der Waals surface area contributed by atoms with E-state index in [1.807, 2.05) is 0 Å². The average molecular weight is 322 g/mol. The van der Waals surface area contributed by atoms with Gasteiger partial charge in [-0.1, -0.05) is 31.0 Å². The zero-order chi connectivity index (χ0) is 15.7. The molecule has 0 heterocycles. The van der Waals surface area contributed by atoms with Crippen molar-refractivity contribution in [2.75, 3.05) is 0 Å². The standard InChI is InChI=1S/C14H17F3O3S/c15-14(16,17)11-5-3-4-10(8-11)9-21(19,20)13-7-2-1-6-12(13)18/h3-5,8,12-13,18H,1-2,6-7,9H2/t12-,13+/m0/s1. The first-order valence-corrected chi connectivity index (χ1v) is 8.47. The summed E-state index contributed by atoms with van der Waals surface area (Å²) in [4.78, 5) is 0. The fraction of sp³-hybridized carbons (Fsp3) is 0.571. The molecule has 0 saturated heterocycles. The van der Waals surface area contributed by atoms with Crippen molar-refractivity contribution in [2.45, 2.75) is 49.0 Å². The Kier molecular flexibility index (Phi) is 4.63. The number of alkyl halides is 3. The third-order valence-corrected chi connectivity index (χ3v) is 5.96. The van der Waals surface area contributed by atoms with Crippen LogP contribution >= 0.6 is 0 Å². The molecule has 0 spiro atoms. The Morgan fingerprint density at radius 2 is 1.86 bits per heavy atom. The van der Waals surface area contributed by atoms with Gasteiger partial charge in [0.1, 0.15) is 0 Å². The zero-order valence-corrected chi connectivity index (χ0v) is 12.1. The van der Waals surface area contributed by atoms with E-state index in [0.29, 0.717) is 19.3 Å². The largest absolute Gasteiger partial charge is 0.416 e. The molecule has 2 rings (SSSR count). The van der Waals surface area contributed by atoms with E-state index in [2.05, 4.69) is 0 Å². The van der Waals surface area contributed by atoms with Gasteiger partial charge in [0.15, 0.2) is 9.84 Å². The summed E-state index contributed by atoms with van der Waals surface area (Å²) in [6, 6.07) is 4.32. The number of aliphatic hydroxyl groups excluding tert-OH is 1. The van der Waals surface area contributed by atoms with E-state index in [1.54, 1.807) is 0 Å². The van der Waals surface area contributed by atoms with Gasteiger partial charge in [0.25, 0.3) is 0 Å². The van der Waals surface area contributed by atoms with Gasteiger partial charge in [-0.05, 0) is 24.5 Å². The summed E-state index contributed by atoms with van der Waals surface area (Å²) in [7, 11) is -3.67. The van der Waals surface area contributed by atoms with Crippen LogP contribution in [0.5, 0.6) is 0 Å². The van der Waals surface area contributed by atoms with Gasteiger partial charge in [0.05, 0.1) is 22.7 Å². The van der Waals surface area contributed by atoms with Crippen LogP contribution in [0.4, 0.5) is 13.2 Å². The summed E-state index contributed by atoms with van der Waals surface area (Å²) in [5.41, 5.74) is -0.762. The molecule has 7 heteroatoms. The summed E-state index contributed by atoms with van der Waals surface area (Å²) in [6.07, 6.45) is -3.14. The predicted molar refractivity (Wildman–Crippen MR) is 72.3 cm³/mol. The van der Waals surface area contributed by atoms with E-state index in [1.165, 1.54) is 12.1 Å². The van der Waals surface area contributed by atoms with E-state index in [9.17, 15) is 26.7 Å². The highest BCUT2D eigenvalue weighted by molar-refractivity contribution is 7.91. The number of sulfone groups is 1. The van der Waals surface area contributed by atoms with Gasteiger partial charge in [0.2, 0.25) is 0 Å². The molecule has 1 aliphatic carbocycles. The van der Waals surface area contributed by atoms with Gasteiger partial charge in [0, 0.05) is 0 Å². The summed E-state index contributed by atoms with van der Waals surface area (Å²) in [6.45, 7) is 0. The fourth-order valence-electron chi connectivity index (χ4n) is 2.67. The molecule has 3 nitrogen and oxygen atoms in total. The number of rotatable bonds is 3. The molecule has 1 saturated carbocycles. The lowest BCUT2D eigenvalue weighted by molar-refractivity contribution is -0.137. The molecule has 0 amide bonds. The van der Waals surface area contributed by atoms with Crippen molar-refractivity contribution in [1.29, 1.82) is 0 Å². The van der Waals surface area contributed by atoms with E-state index in [4.69, 9.17) is 0 Å². The zero-order valence-electron chi connectivity index (χ0n) is 11.3. The van der Waals surface area contributed by atoms with Gasteiger partial charge >= 0.3 is 6.18 Å². The maximum absolute atomic E-state index is 12.6. The molecule has 1 N–H and O–H groups in total. The number of aliphatic hydroxyl groups is 1. The molecule has 0 aliphatic heterocycles. The maximum atomic E-state index is 12.6. The Hall–Kier alpha value is -1.08. The molecular formula is C14H17F3O3S. The molecule has 0 radical (unpaired) electrons. The predicted octanol–water partition coefficient (Wildman–Crippen LogP) is 2.92. The SMILES string of the molecule is O=S(=O)(Cc1cccc(C(F)(F)F)c1)[C@@H]1CCCC[C@@H]1O. The van der Waals surface area contributed by atoms with Crippen molar-refractivity contribution < 1.29 is 26.7 Å². The van der Waals surface area contributed by atoms with Crippen molar-refractivity contribution in [1.82, 2.24) is 0 Å². The van der Waals surface area contributed by atoms with Crippen LogP contribution in [0.3, 0.4) is 0 Å². The van der Waals surface area contributed by atoms with Crippen LogP contribution in [-0.4, -0.2) is 24.9 Å². The Bertz CT molecular complexity index is 596. The van der Waals surface area contributed by atoms with Crippen LogP contribution in [0.2, 0.25) is 0 Å². The molecular weight excluding hydrogens is 305 g/mol. The van der Waals surface area contributed by atoms with Crippen LogP contribution < -0.4 is 0 Å². The highest BCUT2D eigenvalue weighted by atomic mass is 32.2. The van der Waals surface area contributed by atoms with Gasteiger partial charge in [-0.15, -0.1) is 0 Å². The van der Waals surface area contributed by atoms with Crippen LogP contribution in [0, 0.1) is 0 Å². The van der Waals surface area contributed by atoms with E-state index >= 15 is 0 Å². The lowest BCUT2D eigenvalue weighted by Crippen LogP contribution is -2.37. The molecule has 0 aromatic heterocycles. The maximum Gasteiger partial charge on any atom is 0.416 e. The summed E-state index contributed by atoms with van der Waals surface area (Å²) in [5, 5.41) is 8.93. The molecule has 0 unspecified atom stereocenters. The third-order valence-electron chi connectivity index (χ3n) is 3.75. The summed E-state index contributed by atoms with van der Waals surface area (Å²) in [5.74, 6) is -0.474. The number of hydrogen-bond donors (Lipinski definition) is 1. The monoisotopic (exact) mass is 322 g/mol. The molecule has 21 heavy (non-hydrogen) atoms. The minimum absolute atomic E-state index is 0.0996. The first-order chi connectivity index (χ1) is 9.70. The molecule has 2 atom stereocenters. The molecule has 1 aromatic carbocycles. The first-order valence-electron chi connectivity index (χ1n) is 6.76. The summed E-state index contributed by atoms with van der Waals surface area (Å²) < 4.78 is 62.5. The smallest absolute Gasteiger partial charge is 0.392 e. The second-order valence-corrected chi connectivity index (χ2v) is 7.62. The van der Waals surface area contributed by atoms with Crippen molar-refractivity contribution in [3.8, 4) is 0 Å². The Morgan fingerprint density at radius 1 is 1.19 bits per heavy atom. The van der Waals surface area contributed by atoms with E-state index in [-0.39, 0.29) is 5.56 Å². The minimum Gasteiger partial charge on any atom is -0.392 e. The number of halogens is 3. The number of benzene rings is 1. The van der Waals surface area contributed by atoms with Gasteiger partial charge in [-0.2, -0.15) is 13.2 Å². The number of hydrogen-bond acceptors (Lipinski definition) is 3. The van der Waals surface area contributed by atoms with Gasteiger partial charge in [-0.25, -0.2) is 8.42 Å². The fourth-order valence-corrected chi connectivity index (χ4v) is 4.67. The summed E-state index contributed by atoms with van der Waals surface area (Å²) >= 11 is 0. The lowest BCUT2D eigenvalue weighted by Gasteiger charge is -2.27. The molecule has 0 bridgehead atoms. The third kappa shape index (κ3) is 3.97. The molecule has 1 aromatic rings. The topological polar surface area (TPSA) is 54.4 Å². The molecule has 118 valence electrons. The molecule has 1 aliphatic rings. The Balaban J connectivity index is 2.20. The van der Waals surface area contributed by atoms with E-state index < -0.39 is 38.7 Å². The van der Waals surface area contributed by atoms with Crippen LogP contribution in [0.1, 0.15) is 36.8 Å². The van der Waals surface area contributed by atoms with Crippen LogP contribution in [0.25, 0.3) is 0 Å². The average Bonchev–Trinajstić information content (AvgIpc) is 2.37. The lowest BCUT2D eigenvalue weighted by atomic mass is 9.97. The van der Waals surface area contributed by atoms with Crippen molar-refractivity contribution >= 4 is 9.84 Å². The first kappa shape index (κ1) is 16.3. The Morgan fingerprint density at radius 3 is 2.48 bits per heavy atom. The highest BCUT2D eigenvalue weighted by Crippen LogP contribution is 2.31. The second-order valence-electron chi connectivity index (χ2n) is 5.40. The van der Waals surface area contributed by atoms with Crippen LogP contribution in [0.15, 0.2) is 24.3 Å². The Labute approximate surface area is 121 Å². The van der Waals surface area contributed by atoms with Gasteiger partial charge in [-0.3, -0.25) is 0 Å². The second kappa shape index (κ2) is 5.96. The normalized spacial score (nSPS) is 24.0. The van der Waals surface area contributed by atoms with E-state index in [0.717, 1.165) is 18.6 Å². The minimum atomic E-state index is -4.50. The highest BCUT2D eigenvalue weighted by Gasteiger charge is 2.35. The van der Waals surface area contributed by atoms with Crippen molar-refractivity contribution in [3.63, 3.8) is 0 Å². The quantitative estimate of drug-likeness (QED) is 0.931. The van der Waals surface area contributed by atoms with Crippen molar-refractivity contribution in [3.05, 3.63) is 35.4 Å². The van der Waals surface area contributed by atoms with Gasteiger partial charge < -0.3 is 5.11 Å². The van der Waals surface area contributed by atoms with Crippen LogP contribution in [-0.2, 0) is 21.8 Å².